The Kier molecular flexibility index (Phi) is 5.94. The van der Waals surface area contributed by atoms with Crippen molar-refractivity contribution in [3.8, 4) is 11.5 Å². The number of fused-ring (bicyclic) bond motifs is 2. The molecule has 12 heteroatoms. The largest absolute Gasteiger partial charge is 0.481 e. The fourth-order valence-corrected chi connectivity index (χ4v) is 3.19. The number of aliphatic hydroxyl groups excluding tert-OH is 4. The number of hydrogen-bond acceptors (Lipinski definition) is 9. The van der Waals surface area contributed by atoms with Gasteiger partial charge in [-0.05, 0) is 30.2 Å². The van der Waals surface area contributed by atoms with Crippen molar-refractivity contribution in [2.45, 2.75) is 38.2 Å². The van der Waals surface area contributed by atoms with Crippen LogP contribution >= 0.6 is 0 Å². The van der Waals surface area contributed by atoms with Crippen LogP contribution in [0.5, 0.6) is 0 Å². The quantitative estimate of drug-likeness (QED) is 0.224. The Balaban J connectivity index is 2.29. The summed E-state index contributed by atoms with van der Waals surface area (Å²) in [6.45, 7) is 0.442. The molecule has 2 heterocycles. The first kappa shape index (κ1) is 21.5. The summed E-state index contributed by atoms with van der Waals surface area (Å²) in [5, 5.41) is 48.1. The first-order valence-corrected chi connectivity index (χ1v) is 8.93. The van der Waals surface area contributed by atoms with Gasteiger partial charge in [-0.25, -0.2) is 9.78 Å². The number of aliphatic hydroxyl groups is 4. The number of nitrogens with one attached hydrogen (secondary N) is 1. The topological polar surface area (TPSA) is 199 Å². The van der Waals surface area contributed by atoms with E-state index in [-0.39, 0.29) is 29.0 Å². The average Bonchev–Trinajstić information content (AvgIpc) is 2.67. The normalized spacial score (nSPS) is 14.7. The molecule has 3 rings (SSSR count). The Hall–Kier alpha value is -3.19. The van der Waals surface area contributed by atoms with Crippen molar-refractivity contribution in [1.29, 1.82) is 0 Å². The summed E-state index contributed by atoms with van der Waals surface area (Å²) in [7, 11) is 0. The van der Waals surface area contributed by atoms with Gasteiger partial charge in [-0.15, -0.1) is 0 Å². The van der Waals surface area contributed by atoms with E-state index in [1.165, 1.54) is 10.6 Å². The molecule has 0 spiro atoms. The molecule has 0 fully saturated rings. The predicted octanol–water partition coefficient (Wildman–Crippen LogP) is -2.40. The predicted molar refractivity (Wildman–Crippen MR) is 102 cm³/mol. The number of aliphatic carboxylic acids is 1. The Labute approximate surface area is 168 Å². The van der Waals surface area contributed by atoms with Crippen LogP contribution < -0.4 is 11.2 Å². The van der Waals surface area contributed by atoms with E-state index in [1.54, 1.807) is 13.0 Å². The first-order valence-electron chi connectivity index (χ1n) is 8.93. The molecule has 0 aromatic heterocycles. The molecule has 2 aliphatic heterocycles. The number of carbonyl (C=O) groups is 1. The molecule has 0 saturated heterocycles. The molecule has 12 nitrogen and oxygen atoms in total. The summed E-state index contributed by atoms with van der Waals surface area (Å²) in [5.41, 5.74) is -0.399. The molecule has 6 N–H and O–H groups in total. The number of carboxylic acid groups (broad SMARTS) is 1. The smallest absolute Gasteiger partial charge is 0.349 e. The molecule has 0 saturated carbocycles. The average molecular weight is 420 g/mol. The molecule has 0 radical (unpaired) electrons. The third-order valence-corrected chi connectivity index (χ3v) is 4.75. The minimum atomic E-state index is -1.74. The summed E-state index contributed by atoms with van der Waals surface area (Å²) >= 11 is 0. The highest BCUT2D eigenvalue weighted by Crippen LogP contribution is 2.25. The molecular formula is C18H20N4O8. The summed E-state index contributed by atoms with van der Waals surface area (Å²) in [6.07, 6.45) is -5.29. The third-order valence-electron chi connectivity index (χ3n) is 4.75. The summed E-state index contributed by atoms with van der Waals surface area (Å²) in [6, 6.07) is 3.04. The number of aryl methyl sites for hydroxylation is 1. The van der Waals surface area contributed by atoms with Crippen LogP contribution in [0.1, 0.15) is 11.1 Å². The van der Waals surface area contributed by atoms with Gasteiger partial charge < -0.3 is 30.1 Å². The first-order chi connectivity index (χ1) is 14.1. The number of carboxylic acids is 1. The molecule has 30 heavy (non-hydrogen) atoms. The van der Waals surface area contributed by atoms with Crippen LogP contribution in [0.4, 0.5) is 0 Å². The highest BCUT2D eigenvalue weighted by atomic mass is 16.4. The van der Waals surface area contributed by atoms with Gasteiger partial charge in [-0.3, -0.25) is 14.6 Å². The Morgan fingerprint density at radius 1 is 1.17 bits per heavy atom. The van der Waals surface area contributed by atoms with Gasteiger partial charge in [0.25, 0.3) is 5.56 Å². The maximum absolute atomic E-state index is 12.2. The van der Waals surface area contributed by atoms with Crippen LogP contribution in [0, 0.1) is 6.92 Å². The molecule has 160 valence electrons. The van der Waals surface area contributed by atoms with Crippen molar-refractivity contribution in [1.82, 2.24) is 19.5 Å². The lowest BCUT2D eigenvalue weighted by Crippen LogP contribution is -2.42. The number of rotatable bonds is 7. The maximum Gasteiger partial charge on any atom is 0.349 e. The molecule has 1 aromatic carbocycles. The Bertz CT molecular complexity index is 1190. The van der Waals surface area contributed by atoms with Crippen LogP contribution in [-0.2, 0) is 17.8 Å². The molecule has 0 aliphatic carbocycles. The number of nitrogens with zero attached hydrogens (tertiary/aromatic N) is 3. The summed E-state index contributed by atoms with van der Waals surface area (Å²) < 4.78 is 1.25. The van der Waals surface area contributed by atoms with E-state index < -0.39 is 48.7 Å². The monoisotopic (exact) mass is 420 g/mol. The Morgan fingerprint density at radius 3 is 2.50 bits per heavy atom. The second-order valence-corrected chi connectivity index (χ2v) is 6.91. The van der Waals surface area contributed by atoms with Gasteiger partial charge in [0.05, 0.1) is 30.6 Å². The molecule has 0 bridgehead atoms. The van der Waals surface area contributed by atoms with E-state index in [1.807, 2.05) is 4.98 Å². The van der Waals surface area contributed by atoms with Crippen molar-refractivity contribution in [2.24, 2.45) is 0 Å². The SMILES string of the molecule is Cc1cc2nc3c(=O)[nH]c(=O)nc-3n(C[C@@H](O)[C@@H](O)[C@@H](O)CO)c2cc1CC(=O)O. The van der Waals surface area contributed by atoms with E-state index in [9.17, 15) is 29.7 Å². The third kappa shape index (κ3) is 4.07. The molecular weight excluding hydrogens is 400 g/mol. The van der Waals surface area contributed by atoms with Crippen molar-refractivity contribution in [2.75, 3.05) is 6.61 Å². The van der Waals surface area contributed by atoms with Gasteiger partial charge in [-0.1, -0.05) is 0 Å². The molecule has 0 amide bonds. The van der Waals surface area contributed by atoms with E-state index in [4.69, 9.17) is 10.2 Å². The van der Waals surface area contributed by atoms with Crippen LogP contribution in [0.15, 0.2) is 21.7 Å². The van der Waals surface area contributed by atoms with Gasteiger partial charge in [0.15, 0.2) is 11.5 Å². The van der Waals surface area contributed by atoms with E-state index in [2.05, 4.69) is 9.97 Å². The van der Waals surface area contributed by atoms with Crippen LogP contribution in [-0.4, -0.2) is 75.9 Å². The number of benzene rings is 1. The summed E-state index contributed by atoms with van der Waals surface area (Å²) in [5.74, 6) is -1.26. The Morgan fingerprint density at radius 2 is 1.87 bits per heavy atom. The zero-order chi connectivity index (χ0) is 22.2. The van der Waals surface area contributed by atoms with Crippen LogP contribution in [0.3, 0.4) is 0 Å². The van der Waals surface area contributed by atoms with Crippen LogP contribution in [0.2, 0.25) is 0 Å². The molecule has 3 atom stereocenters. The zero-order valence-corrected chi connectivity index (χ0v) is 15.8. The second-order valence-electron chi connectivity index (χ2n) is 6.91. The van der Waals surface area contributed by atoms with Crippen molar-refractivity contribution >= 4 is 17.0 Å². The van der Waals surface area contributed by atoms with Gasteiger partial charge in [-0.2, -0.15) is 4.98 Å². The van der Waals surface area contributed by atoms with Crippen molar-refractivity contribution in [3.63, 3.8) is 0 Å². The molecule has 1 aromatic rings. The van der Waals surface area contributed by atoms with Gasteiger partial charge in [0, 0.05) is 0 Å². The van der Waals surface area contributed by atoms with Crippen molar-refractivity contribution in [3.05, 3.63) is 44.1 Å². The summed E-state index contributed by atoms with van der Waals surface area (Å²) in [4.78, 5) is 45.1. The number of hydrogen-bond donors (Lipinski definition) is 6. The number of aromatic nitrogens is 4. The lowest BCUT2D eigenvalue weighted by molar-refractivity contribution is -0.136. The van der Waals surface area contributed by atoms with Gasteiger partial charge in [0.2, 0.25) is 0 Å². The van der Waals surface area contributed by atoms with Crippen LogP contribution in [0.25, 0.3) is 22.6 Å². The fraction of sp³-hybridized carbons (Fsp3) is 0.389. The second kappa shape index (κ2) is 8.28. The number of aromatic amines is 1. The molecule has 2 aliphatic rings. The minimum absolute atomic E-state index is 0.189. The minimum Gasteiger partial charge on any atom is -0.481 e. The highest BCUT2D eigenvalue weighted by Gasteiger charge is 2.27. The van der Waals surface area contributed by atoms with Crippen molar-refractivity contribution < 1.29 is 30.3 Å². The van der Waals surface area contributed by atoms with Gasteiger partial charge in [0.1, 0.15) is 18.3 Å². The standard InChI is InChI=1S/C18H20N4O8/c1-7-2-9-10(3-8(7)4-13(26)27)22(5-11(24)15(28)12(25)6-23)16-14(19-9)17(29)21-18(30)20-16/h2-3,11-12,15,23-25,28H,4-6H2,1H3,(H,26,27)(H,21,29,30)/t11-,12+,15-/m1/s1. The maximum atomic E-state index is 12.2. The highest BCUT2D eigenvalue weighted by molar-refractivity contribution is 5.82. The van der Waals surface area contributed by atoms with E-state index in [0.717, 1.165) is 0 Å². The number of H-pyrrole nitrogens is 1. The zero-order valence-electron chi connectivity index (χ0n) is 15.8. The van der Waals surface area contributed by atoms with E-state index in [0.29, 0.717) is 11.1 Å². The molecule has 0 unspecified atom stereocenters. The lowest BCUT2D eigenvalue weighted by atomic mass is 10.0. The van der Waals surface area contributed by atoms with Gasteiger partial charge >= 0.3 is 11.7 Å². The lowest BCUT2D eigenvalue weighted by Gasteiger charge is -2.25. The fourth-order valence-electron chi connectivity index (χ4n) is 3.19. The van der Waals surface area contributed by atoms with E-state index >= 15 is 0 Å².